The van der Waals surface area contributed by atoms with Gasteiger partial charge in [0.2, 0.25) is 0 Å². The highest BCUT2D eigenvalue weighted by Gasteiger charge is 2.27. The minimum Gasteiger partial charge on any atom is -0.382 e. The molecule has 1 aromatic heterocycles. The van der Waals surface area contributed by atoms with Crippen LogP contribution in [0.5, 0.6) is 0 Å². The molecule has 2 rings (SSSR count). The van der Waals surface area contributed by atoms with E-state index in [0.717, 1.165) is 0 Å². The summed E-state index contributed by atoms with van der Waals surface area (Å²) < 4.78 is 26.9. The predicted octanol–water partition coefficient (Wildman–Crippen LogP) is 2.85. The number of nitrogens with zero attached hydrogens (tertiary/aromatic N) is 1. The molecule has 1 aromatic carbocycles. The Kier molecular flexibility index (Phi) is 4.04. The van der Waals surface area contributed by atoms with Gasteiger partial charge in [-0.05, 0) is 37.3 Å². The lowest BCUT2D eigenvalue weighted by Crippen LogP contribution is -2.33. The van der Waals surface area contributed by atoms with E-state index in [0.29, 0.717) is 11.3 Å². The molecule has 0 bridgehead atoms. The molecule has 2 aromatic rings. The van der Waals surface area contributed by atoms with Crippen LogP contribution in [-0.2, 0) is 5.60 Å². The van der Waals surface area contributed by atoms with Crippen molar-refractivity contribution >= 4 is 11.6 Å². The van der Waals surface area contributed by atoms with E-state index in [1.807, 2.05) is 0 Å². The van der Waals surface area contributed by atoms with Crippen LogP contribution in [0.25, 0.3) is 11.3 Å². The topological polar surface area (TPSA) is 59.1 Å². The van der Waals surface area contributed by atoms with E-state index in [2.05, 4.69) is 4.98 Å². The van der Waals surface area contributed by atoms with Crippen molar-refractivity contribution in [1.29, 1.82) is 0 Å². The SMILES string of the molecule is CC(O)(CN)c1nc(-c2ccc(F)c(Cl)c2)ccc1F. The zero-order valence-electron chi connectivity index (χ0n) is 10.7. The summed E-state index contributed by atoms with van der Waals surface area (Å²) >= 11 is 5.71. The Morgan fingerprint density at radius 1 is 1.25 bits per heavy atom. The normalized spacial score (nSPS) is 14.1. The molecule has 0 fully saturated rings. The van der Waals surface area contributed by atoms with Crippen LogP contribution in [0.2, 0.25) is 5.02 Å². The third-order valence-electron chi connectivity index (χ3n) is 2.97. The largest absolute Gasteiger partial charge is 0.382 e. The smallest absolute Gasteiger partial charge is 0.147 e. The third-order valence-corrected chi connectivity index (χ3v) is 3.26. The van der Waals surface area contributed by atoms with Gasteiger partial charge in [-0.3, -0.25) is 0 Å². The highest BCUT2D eigenvalue weighted by molar-refractivity contribution is 6.31. The Bertz CT molecular complexity index is 647. The first-order valence-corrected chi connectivity index (χ1v) is 6.28. The van der Waals surface area contributed by atoms with Crippen molar-refractivity contribution in [2.24, 2.45) is 5.73 Å². The second-order valence-electron chi connectivity index (χ2n) is 4.63. The number of nitrogens with two attached hydrogens (primary N) is 1. The van der Waals surface area contributed by atoms with Crippen molar-refractivity contribution in [1.82, 2.24) is 4.98 Å². The maximum Gasteiger partial charge on any atom is 0.147 e. The van der Waals surface area contributed by atoms with Crippen LogP contribution in [0, 0.1) is 11.6 Å². The molecule has 0 saturated carbocycles. The number of aromatic nitrogens is 1. The molecule has 1 atom stereocenters. The molecule has 6 heteroatoms. The molecule has 0 saturated heterocycles. The van der Waals surface area contributed by atoms with Gasteiger partial charge in [-0.25, -0.2) is 13.8 Å². The Morgan fingerprint density at radius 3 is 2.50 bits per heavy atom. The van der Waals surface area contributed by atoms with Crippen molar-refractivity contribution in [3.8, 4) is 11.3 Å². The first kappa shape index (κ1) is 14.8. The van der Waals surface area contributed by atoms with Crippen molar-refractivity contribution in [2.45, 2.75) is 12.5 Å². The zero-order chi connectivity index (χ0) is 14.9. The fourth-order valence-electron chi connectivity index (χ4n) is 1.73. The number of halogens is 3. The minimum absolute atomic E-state index is 0.0549. The molecule has 0 radical (unpaired) electrons. The molecule has 0 amide bonds. The van der Waals surface area contributed by atoms with Crippen LogP contribution in [0.3, 0.4) is 0 Å². The summed E-state index contributed by atoms with van der Waals surface area (Å²) in [6, 6.07) is 6.66. The monoisotopic (exact) mass is 298 g/mol. The van der Waals surface area contributed by atoms with Gasteiger partial charge in [0.1, 0.15) is 22.9 Å². The maximum atomic E-state index is 13.7. The van der Waals surface area contributed by atoms with Crippen LogP contribution in [-0.4, -0.2) is 16.6 Å². The fraction of sp³-hybridized carbons (Fsp3) is 0.214. The van der Waals surface area contributed by atoms with E-state index in [9.17, 15) is 13.9 Å². The number of benzene rings is 1. The van der Waals surface area contributed by atoms with Crippen LogP contribution >= 0.6 is 11.6 Å². The molecule has 1 unspecified atom stereocenters. The third kappa shape index (κ3) is 2.80. The maximum absolute atomic E-state index is 13.7. The molecule has 3 nitrogen and oxygen atoms in total. The average molecular weight is 299 g/mol. The predicted molar refractivity (Wildman–Crippen MR) is 73.2 cm³/mol. The molecule has 0 aliphatic carbocycles. The molecule has 106 valence electrons. The van der Waals surface area contributed by atoms with Gasteiger partial charge in [-0.15, -0.1) is 0 Å². The van der Waals surface area contributed by atoms with Gasteiger partial charge in [-0.2, -0.15) is 0 Å². The number of aliphatic hydroxyl groups is 1. The second kappa shape index (κ2) is 5.44. The van der Waals surface area contributed by atoms with Gasteiger partial charge in [-0.1, -0.05) is 11.6 Å². The lowest BCUT2D eigenvalue weighted by atomic mass is 10.0. The molecule has 1 heterocycles. The number of hydrogen-bond donors (Lipinski definition) is 2. The summed E-state index contributed by atoms with van der Waals surface area (Å²) in [5.41, 5.74) is 4.57. The Labute approximate surface area is 120 Å². The van der Waals surface area contributed by atoms with Gasteiger partial charge in [0.25, 0.3) is 0 Å². The Balaban J connectivity index is 2.54. The molecule has 20 heavy (non-hydrogen) atoms. The summed E-state index contributed by atoms with van der Waals surface area (Å²) in [7, 11) is 0. The summed E-state index contributed by atoms with van der Waals surface area (Å²) in [5, 5.41) is 9.98. The standard InChI is InChI=1S/C14H13ClF2N2O/c1-14(20,7-18)13-11(17)4-5-12(19-13)8-2-3-10(16)9(15)6-8/h2-6,20H,7,18H2,1H3. The first-order chi connectivity index (χ1) is 9.35. The van der Waals surface area contributed by atoms with E-state index < -0.39 is 17.2 Å². The number of pyridine rings is 1. The van der Waals surface area contributed by atoms with Gasteiger partial charge in [0.05, 0.1) is 10.7 Å². The van der Waals surface area contributed by atoms with Gasteiger partial charge in [0, 0.05) is 12.1 Å². The van der Waals surface area contributed by atoms with Crippen LogP contribution in [0.1, 0.15) is 12.6 Å². The van der Waals surface area contributed by atoms with E-state index in [4.69, 9.17) is 17.3 Å². The molecule has 3 N–H and O–H groups in total. The van der Waals surface area contributed by atoms with E-state index in [-0.39, 0.29) is 17.3 Å². The molecule has 0 aliphatic rings. The van der Waals surface area contributed by atoms with Gasteiger partial charge < -0.3 is 10.8 Å². The highest BCUT2D eigenvalue weighted by atomic mass is 35.5. The van der Waals surface area contributed by atoms with Gasteiger partial charge >= 0.3 is 0 Å². The summed E-state index contributed by atoms with van der Waals surface area (Å²) in [6.07, 6.45) is 0. The lowest BCUT2D eigenvalue weighted by Gasteiger charge is -2.21. The molecular weight excluding hydrogens is 286 g/mol. The second-order valence-corrected chi connectivity index (χ2v) is 5.04. The van der Waals surface area contributed by atoms with Gasteiger partial charge in [0.15, 0.2) is 0 Å². The van der Waals surface area contributed by atoms with E-state index in [1.54, 1.807) is 0 Å². The van der Waals surface area contributed by atoms with Crippen LogP contribution < -0.4 is 5.73 Å². The van der Waals surface area contributed by atoms with E-state index in [1.165, 1.54) is 37.3 Å². The Hall–Kier alpha value is -1.56. The van der Waals surface area contributed by atoms with Crippen molar-refractivity contribution < 1.29 is 13.9 Å². The van der Waals surface area contributed by atoms with Crippen molar-refractivity contribution in [3.63, 3.8) is 0 Å². The highest BCUT2D eigenvalue weighted by Crippen LogP contribution is 2.27. The lowest BCUT2D eigenvalue weighted by molar-refractivity contribution is 0.0581. The molecule has 0 spiro atoms. The van der Waals surface area contributed by atoms with Crippen LogP contribution in [0.15, 0.2) is 30.3 Å². The van der Waals surface area contributed by atoms with Crippen molar-refractivity contribution in [2.75, 3.05) is 6.54 Å². The summed E-state index contributed by atoms with van der Waals surface area (Å²) in [6.45, 7) is 1.20. The Morgan fingerprint density at radius 2 is 1.90 bits per heavy atom. The fourth-order valence-corrected chi connectivity index (χ4v) is 1.91. The van der Waals surface area contributed by atoms with Crippen molar-refractivity contribution in [3.05, 3.63) is 52.7 Å². The first-order valence-electron chi connectivity index (χ1n) is 5.90. The van der Waals surface area contributed by atoms with Crippen LogP contribution in [0.4, 0.5) is 8.78 Å². The quantitative estimate of drug-likeness (QED) is 0.916. The molecular formula is C14H13ClF2N2O. The minimum atomic E-state index is -1.58. The number of hydrogen-bond acceptors (Lipinski definition) is 3. The zero-order valence-corrected chi connectivity index (χ0v) is 11.5. The summed E-state index contributed by atoms with van der Waals surface area (Å²) in [5.74, 6) is -1.20. The molecule has 0 aliphatic heterocycles. The number of rotatable bonds is 3. The van der Waals surface area contributed by atoms with E-state index >= 15 is 0 Å². The summed E-state index contributed by atoms with van der Waals surface area (Å²) in [4.78, 5) is 4.07. The average Bonchev–Trinajstić information content (AvgIpc) is 2.42.